The number of aliphatic hydroxyl groups excluding tert-OH is 2. The number of unbranched alkanes of at least 4 members (excludes halogenated alkanes) is 2. The van der Waals surface area contributed by atoms with Crippen LogP contribution in [0.1, 0.15) is 92.9 Å². The largest absolute Gasteiger partial charge is 0.462 e. The maximum absolute atomic E-state index is 11.8. The fraction of sp³-hybridized carbons (Fsp3) is 0.538. The number of esters is 1. The third kappa shape index (κ3) is 15.2. The van der Waals surface area contributed by atoms with E-state index in [0.717, 1.165) is 31.6 Å². The third-order valence-electron chi connectivity index (χ3n) is 8.78. The molecule has 0 radical (unpaired) electrons. The van der Waals surface area contributed by atoms with Crippen LogP contribution in [-0.2, 0) is 38.3 Å². The van der Waals surface area contributed by atoms with Crippen LogP contribution >= 0.6 is 0 Å². The van der Waals surface area contributed by atoms with E-state index in [1.165, 1.54) is 73.6 Å². The summed E-state index contributed by atoms with van der Waals surface area (Å²) in [5.41, 5.74) is 6.12. The van der Waals surface area contributed by atoms with Gasteiger partial charge in [0.1, 0.15) is 6.29 Å². The lowest BCUT2D eigenvalue weighted by Gasteiger charge is -2.30. The Hall–Kier alpha value is -3.06. The quantitative estimate of drug-likeness (QED) is 0.0739. The number of benzene rings is 2. The van der Waals surface area contributed by atoms with Crippen molar-refractivity contribution in [2.75, 3.05) is 33.5 Å². The molecule has 2 N–H and O–H groups in total. The molecule has 45 heavy (non-hydrogen) atoms. The highest BCUT2D eigenvalue weighted by molar-refractivity contribution is 5.87. The van der Waals surface area contributed by atoms with Gasteiger partial charge in [0.15, 0.2) is 0 Å². The number of hydrogen-bond donors (Lipinski definition) is 2. The smallest absolute Gasteiger partial charge is 0.335 e. The summed E-state index contributed by atoms with van der Waals surface area (Å²) in [7, 11) is 1.68. The van der Waals surface area contributed by atoms with Gasteiger partial charge >= 0.3 is 5.97 Å². The number of methoxy groups -OCH3 is 1. The minimum atomic E-state index is -0.517. The second kappa shape index (κ2) is 22.4. The third-order valence-corrected chi connectivity index (χ3v) is 8.78. The number of carbonyl (C=O) groups is 2. The molecule has 0 aromatic heterocycles. The van der Waals surface area contributed by atoms with Crippen LogP contribution in [0.5, 0.6) is 0 Å². The van der Waals surface area contributed by atoms with Gasteiger partial charge in [-0.15, -0.1) is 0 Å². The standard InChI is InChI=1S/C35H50O4.C4H6O2/c1-4-5-6-7-28-8-10-29(11-9-28)12-13-30-16-20-33(21-17-30)34-22-18-31(19-23-34)14-15-32(25-38-3)26-39-35(37)27(2)24-36;1-4(2-5)3-6/h8-11,16-17,20-21,31-32,34,36H,2,4-7,12-15,18-19,22-26H2,1,3H3;2,6H,1,3H2. The van der Waals surface area contributed by atoms with E-state index in [9.17, 15) is 9.59 Å². The molecule has 0 amide bonds. The highest BCUT2D eigenvalue weighted by atomic mass is 16.5. The van der Waals surface area contributed by atoms with Gasteiger partial charge in [-0.25, -0.2) is 4.79 Å². The number of carbonyl (C=O) groups excluding carboxylic acids is 2. The van der Waals surface area contributed by atoms with Gasteiger partial charge in [0.05, 0.1) is 32.0 Å². The molecular formula is C39H56O6. The molecule has 1 unspecified atom stereocenters. The molecule has 2 aromatic rings. The van der Waals surface area contributed by atoms with Crippen LogP contribution in [0.4, 0.5) is 0 Å². The van der Waals surface area contributed by atoms with Gasteiger partial charge in [0, 0.05) is 18.6 Å². The van der Waals surface area contributed by atoms with Gasteiger partial charge in [0.2, 0.25) is 0 Å². The van der Waals surface area contributed by atoms with Crippen LogP contribution in [0.3, 0.4) is 0 Å². The van der Waals surface area contributed by atoms with Crippen LogP contribution in [-0.4, -0.2) is 56.0 Å². The fourth-order valence-electron chi connectivity index (χ4n) is 5.80. The first-order chi connectivity index (χ1) is 21.8. The maximum atomic E-state index is 11.8. The lowest BCUT2D eigenvalue weighted by atomic mass is 9.76. The Morgan fingerprint density at radius 1 is 0.867 bits per heavy atom. The molecule has 0 bridgehead atoms. The number of hydrogen-bond acceptors (Lipinski definition) is 6. The number of aliphatic hydroxyl groups is 2. The lowest BCUT2D eigenvalue weighted by Crippen LogP contribution is -2.21. The molecule has 6 nitrogen and oxygen atoms in total. The van der Waals surface area contributed by atoms with Gasteiger partial charge in [-0.2, -0.15) is 0 Å². The summed E-state index contributed by atoms with van der Waals surface area (Å²) >= 11 is 0. The van der Waals surface area contributed by atoms with Gasteiger partial charge in [-0.3, -0.25) is 4.79 Å². The number of ether oxygens (including phenoxy) is 2. The highest BCUT2D eigenvalue weighted by Crippen LogP contribution is 2.38. The minimum Gasteiger partial charge on any atom is -0.462 e. The first kappa shape index (κ1) is 38.1. The second-order valence-corrected chi connectivity index (χ2v) is 12.4. The fourth-order valence-corrected chi connectivity index (χ4v) is 5.80. The first-order valence-electron chi connectivity index (χ1n) is 16.7. The lowest BCUT2D eigenvalue weighted by molar-refractivity contribution is -0.141. The van der Waals surface area contributed by atoms with E-state index in [2.05, 4.69) is 68.6 Å². The van der Waals surface area contributed by atoms with Gasteiger partial charge in [-0.1, -0.05) is 81.5 Å². The van der Waals surface area contributed by atoms with E-state index < -0.39 is 5.97 Å². The summed E-state index contributed by atoms with van der Waals surface area (Å²) in [6, 6.07) is 18.6. The van der Waals surface area contributed by atoms with E-state index in [-0.39, 0.29) is 30.3 Å². The number of aldehydes is 1. The van der Waals surface area contributed by atoms with Crippen LogP contribution in [0.25, 0.3) is 0 Å². The van der Waals surface area contributed by atoms with Crippen molar-refractivity contribution in [2.45, 2.75) is 89.9 Å². The number of rotatable bonds is 19. The summed E-state index contributed by atoms with van der Waals surface area (Å²) in [5.74, 6) is 1.05. The zero-order valence-electron chi connectivity index (χ0n) is 27.7. The summed E-state index contributed by atoms with van der Waals surface area (Å²) in [6.45, 7) is 9.25. The van der Waals surface area contributed by atoms with Gasteiger partial charge < -0.3 is 19.7 Å². The predicted octanol–water partition coefficient (Wildman–Crippen LogP) is 7.35. The Morgan fingerprint density at radius 3 is 1.93 bits per heavy atom. The van der Waals surface area contributed by atoms with E-state index in [4.69, 9.17) is 19.7 Å². The summed E-state index contributed by atoms with van der Waals surface area (Å²) < 4.78 is 10.7. The Bertz CT molecular complexity index is 1130. The Labute approximate surface area is 271 Å². The zero-order valence-corrected chi connectivity index (χ0v) is 27.7. The van der Waals surface area contributed by atoms with E-state index in [1.807, 2.05) is 0 Å². The maximum Gasteiger partial charge on any atom is 0.335 e. The molecular weight excluding hydrogens is 564 g/mol. The van der Waals surface area contributed by atoms with Crippen molar-refractivity contribution in [3.63, 3.8) is 0 Å². The molecule has 6 heteroatoms. The molecule has 0 heterocycles. The topological polar surface area (TPSA) is 93.1 Å². The van der Waals surface area contributed by atoms with Crippen molar-refractivity contribution >= 4 is 12.3 Å². The average Bonchev–Trinajstić information content (AvgIpc) is 3.09. The Kier molecular flexibility index (Phi) is 19.0. The Morgan fingerprint density at radius 2 is 1.44 bits per heavy atom. The van der Waals surface area contributed by atoms with Crippen LogP contribution in [0, 0.1) is 11.8 Å². The van der Waals surface area contributed by atoms with Crippen molar-refractivity contribution in [1.29, 1.82) is 0 Å². The molecule has 1 aliphatic rings. The molecule has 1 atom stereocenters. The van der Waals surface area contributed by atoms with Gasteiger partial charge in [0.25, 0.3) is 0 Å². The van der Waals surface area contributed by atoms with Gasteiger partial charge in [-0.05, 0) is 98.3 Å². The van der Waals surface area contributed by atoms with E-state index in [0.29, 0.717) is 25.4 Å². The van der Waals surface area contributed by atoms with Crippen molar-refractivity contribution in [3.05, 3.63) is 95.1 Å². The molecule has 1 fully saturated rings. The van der Waals surface area contributed by atoms with Crippen molar-refractivity contribution in [3.8, 4) is 0 Å². The van der Waals surface area contributed by atoms with Crippen LogP contribution < -0.4 is 0 Å². The van der Waals surface area contributed by atoms with Crippen molar-refractivity contribution in [1.82, 2.24) is 0 Å². The second-order valence-electron chi connectivity index (χ2n) is 12.4. The normalized spacial score (nSPS) is 16.6. The molecule has 2 aromatic carbocycles. The Balaban J connectivity index is 0.00000107. The van der Waals surface area contributed by atoms with E-state index in [1.54, 1.807) is 7.11 Å². The molecule has 0 aliphatic heterocycles. The molecule has 0 saturated heterocycles. The zero-order chi connectivity index (χ0) is 32.9. The summed E-state index contributed by atoms with van der Waals surface area (Å²) in [5, 5.41) is 17.0. The minimum absolute atomic E-state index is 0.0975. The summed E-state index contributed by atoms with van der Waals surface area (Å²) in [6.07, 6.45) is 14.9. The molecule has 1 aliphatic carbocycles. The highest BCUT2D eigenvalue weighted by Gasteiger charge is 2.24. The van der Waals surface area contributed by atoms with E-state index >= 15 is 0 Å². The van der Waals surface area contributed by atoms with Crippen molar-refractivity contribution < 1.29 is 29.3 Å². The predicted molar refractivity (Wildman–Crippen MR) is 182 cm³/mol. The van der Waals surface area contributed by atoms with Crippen LogP contribution in [0.2, 0.25) is 0 Å². The number of aryl methyl sites for hydroxylation is 3. The SMILES string of the molecule is C=C(C=O)CO.C=C(CO)C(=O)OCC(CCC1CCC(c2ccc(CCc3ccc(CCCCC)cc3)cc2)CC1)COC. The molecule has 0 spiro atoms. The molecule has 248 valence electrons. The van der Waals surface area contributed by atoms with Crippen LogP contribution in [0.15, 0.2) is 72.8 Å². The molecule has 3 rings (SSSR count). The monoisotopic (exact) mass is 620 g/mol. The summed E-state index contributed by atoms with van der Waals surface area (Å²) in [4.78, 5) is 21.3. The molecule has 1 saturated carbocycles. The van der Waals surface area contributed by atoms with Crippen molar-refractivity contribution in [2.24, 2.45) is 11.8 Å². The average molecular weight is 621 g/mol. The first-order valence-corrected chi connectivity index (χ1v) is 16.7.